The lowest BCUT2D eigenvalue weighted by atomic mass is 9.34. The first-order valence-corrected chi connectivity index (χ1v) is 8.86. The number of fused-ring (bicyclic) bond motifs is 1. The number of hydrogen-bond acceptors (Lipinski definition) is 4. The van der Waals surface area contributed by atoms with Crippen molar-refractivity contribution >= 4 is 11.9 Å². The van der Waals surface area contributed by atoms with Crippen molar-refractivity contribution in [2.24, 2.45) is 23.2 Å². The fourth-order valence-electron chi connectivity index (χ4n) is 6.67. The van der Waals surface area contributed by atoms with E-state index in [9.17, 15) is 9.59 Å². The van der Waals surface area contributed by atoms with E-state index < -0.39 is 0 Å². The summed E-state index contributed by atoms with van der Waals surface area (Å²) in [5.41, 5.74) is 1.59. The van der Waals surface area contributed by atoms with Crippen LogP contribution in [-0.2, 0) is 16.1 Å². The average Bonchev–Trinajstić information content (AvgIpc) is 3.06. The van der Waals surface area contributed by atoms with Gasteiger partial charge in [-0.2, -0.15) is 0 Å². The number of aromatic nitrogens is 1. The number of nitrogens with zero attached hydrogens (tertiary/aromatic N) is 2. The van der Waals surface area contributed by atoms with Gasteiger partial charge in [-0.15, -0.1) is 0 Å². The van der Waals surface area contributed by atoms with Crippen molar-refractivity contribution in [3.8, 4) is 0 Å². The van der Waals surface area contributed by atoms with Crippen molar-refractivity contribution in [1.29, 1.82) is 0 Å². The van der Waals surface area contributed by atoms with Gasteiger partial charge in [0.25, 0.3) is 5.91 Å². The molecule has 1 aliphatic heterocycles. The predicted octanol–water partition coefficient (Wildman–Crippen LogP) is 2.41. The summed E-state index contributed by atoms with van der Waals surface area (Å²) in [7, 11) is 1.48. The number of carbonyl (C=O) groups is 2. The average molecular weight is 326 g/mol. The molecule has 3 aliphatic carbocycles. The van der Waals surface area contributed by atoms with Gasteiger partial charge in [0, 0.05) is 24.4 Å². The number of amides is 1. The van der Waals surface area contributed by atoms with Crippen LogP contribution >= 0.6 is 0 Å². The maximum Gasteiger partial charge on any atom is 0.309 e. The summed E-state index contributed by atoms with van der Waals surface area (Å²) in [6.45, 7) is 2.92. The molecule has 3 saturated carbocycles. The normalized spacial score (nSPS) is 41.8. The molecule has 5 atom stereocenters. The molecule has 5 heteroatoms. The summed E-state index contributed by atoms with van der Waals surface area (Å²) < 4.78 is 5.09. The van der Waals surface area contributed by atoms with Gasteiger partial charge < -0.3 is 9.64 Å². The molecule has 24 heavy (non-hydrogen) atoms. The van der Waals surface area contributed by atoms with E-state index >= 15 is 0 Å². The van der Waals surface area contributed by atoms with Crippen LogP contribution in [0.25, 0.3) is 0 Å². The molecule has 1 spiro atoms. The van der Waals surface area contributed by atoms with E-state index in [4.69, 9.17) is 4.74 Å². The van der Waals surface area contributed by atoms with Gasteiger partial charge in [-0.25, -0.2) is 0 Å². The minimum absolute atomic E-state index is 0.0409. The Hall–Kier alpha value is -1.91. The minimum Gasteiger partial charge on any atom is -0.469 e. The molecular weight excluding hydrogens is 304 g/mol. The quantitative estimate of drug-likeness (QED) is 0.783. The zero-order valence-corrected chi connectivity index (χ0v) is 14.1. The molecule has 0 saturated heterocycles. The first-order valence-electron chi connectivity index (χ1n) is 8.86. The van der Waals surface area contributed by atoms with Gasteiger partial charge in [0.2, 0.25) is 0 Å². The van der Waals surface area contributed by atoms with Crippen LogP contribution in [0.5, 0.6) is 0 Å². The van der Waals surface area contributed by atoms with E-state index in [1.54, 1.807) is 12.4 Å². The van der Waals surface area contributed by atoms with Crippen LogP contribution in [-0.4, -0.2) is 34.4 Å². The number of carbonyl (C=O) groups excluding carboxylic acids is 2. The highest BCUT2D eigenvalue weighted by atomic mass is 16.5. The highest BCUT2D eigenvalue weighted by molar-refractivity contribution is 5.99. The van der Waals surface area contributed by atoms with Gasteiger partial charge in [-0.1, -0.05) is 6.92 Å². The standard InChI is InChI=1S/C19H22N2O3/c1-11-6-18(21-10-12-3-4-20-9-14(12)16(21)22)8-13-5-15(17(23)24-2)19(13,18)7-11/h3-4,9,11,13,15H,5-8,10H2,1-2H3. The molecule has 2 heterocycles. The molecule has 4 aliphatic rings. The van der Waals surface area contributed by atoms with Crippen LogP contribution in [0.3, 0.4) is 0 Å². The number of pyridine rings is 1. The maximum atomic E-state index is 13.1. The Labute approximate surface area is 141 Å². The van der Waals surface area contributed by atoms with E-state index in [2.05, 4.69) is 16.8 Å². The maximum absolute atomic E-state index is 13.1. The fraction of sp³-hybridized carbons (Fsp3) is 0.632. The van der Waals surface area contributed by atoms with E-state index in [1.165, 1.54) is 7.11 Å². The summed E-state index contributed by atoms with van der Waals surface area (Å²) in [6, 6.07) is 1.95. The van der Waals surface area contributed by atoms with E-state index in [1.807, 2.05) is 6.07 Å². The van der Waals surface area contributed by atoms with Crippen molar-refractivity contribution in [3.05, 3.63) is 29.6 Å². The SMILES string of the molecule is COC(=O)C1CC2CC3(N4Cc5ccncc5C4=O)CC(C)CC213. The Morgan fingerprint density at radius 3 is 2.92 bits per heavy atom. The molecule has 126 valence electrons. The lowest BCUT2D eigenvalue weighted by Crippen LogP contribution is -2.77. The Balaban J connectivity index is 1.56. The first kappa shape index (κ1) is 14.4. The van der Waals surface area contributed by atoms with Crippen LogP contribution in [0.4, 0.5) is 0 Å². The third kappa shape index (κ3) is 1.37. The molecule has 1 amide bonds. The van der Waals surface area contributed by atoms with Gasteiger partial charge in [0.1, 0.15) is 0 Å². The molecule has 0 aromatic carbocycles. The molecule has 5 unspecified atom stereocenters. The monoisotopic (exact) mass is 326 g/mol. The lowest BCUT2D eigenvalue weighted by molar-refractivity contribution is -0.246. The van der Waals surface area contributed by atoms with Crippen LogP contribution < -0.4 is 0 Å². The minimum atomic E-state index is -0.162. The third-order valence-electron chi connectivity index (χ3n) is 7.41. The molecule has 1 aromatic rings. The molecule has 0 bridgehead atoms. The van der Waals surface area contributed by atoms with E-state index in [0.717, 1.165) is 36.8 Å². The molecule has 1 aromatic heterocycles. The molecular formula is C19H22N2O3. The van der Waals surface area contributed by atoms with Gasteiger partial charge in [-0.3, -0.25) is 14.6 Å². The summed E-state index contributed by atoms with van der Waals surface area (Å²) in [5, 5.41) is 0. The topological polar surface area (TPSA) is 59.5 Å². The van der Waals surface area contributed by atoms with Crippen molar-refractivity contribution < 1.29 is 14.3 Å². The number of rotatable bonds is 2. The zero-order chi connectivity index (χ0) is 16.7. The van der Waals surface area contributed by atoms with E-state index in [-0.39, 0.29) is 28.7 Å². The van der Waals surface area contributed by atoms with Gasteiger partial charge in [-0.05, 0) is 49.1 Å². The molecule has 0 N–H and O–H groups in total. The summed E-state index contributed by atoms with van der Waals surface area (Å²) >= 11 is 0. The van der Waals surface area contributed by atoms with Crippen LogP contribution in [0.2, 0.25) is 0 Å². The molecule has 5 nitrogen and oxygen atoms in total. The molecule has 0 radical (unpaired) electrons. The Morgan fingerprint density at radius 2 is 2.21 bits per heavy atom. The number of ether oxygens (including phenoxy) is 1. The van der Waals surface area contributed by atoms with Crippen molar-refractivity contribution in [3.63, 3.8) is 0 Å². The predicted molar refractivity (Wildman–Crippen MR) is 85.9 cm³/mol. The number of esters is 1. The Bertz CT molecular complexity index is 763. The smallest absolute Gasteiger partial charge is 0.309 e. The van der Waals surface area contributed by atoms with E-state index in [0.29, 0.717) is 18.4 Å². The first-order chi connectivity index (χ1) is 11.5. The van der Waals surface area contributed by atoms with Crippen LogP contribution in [0.15, 0.2) is 18.5 Å². The summed E-state index contributed by atoms with van der Waals surface area (Å²) in [6.07, 6.45) is 7.45. The summed E-state index contributed by atoms with van der Waals surface area (Å²) in [4.78, 5) is 31.6. The summed E-state index contributed by atoms with van der Waals surface area (Å²) in [5.74, 6) is 1.08. The van der Waals surface area contributed by atoms with Crippen molar-refractivity contribution in [2.45, 2.75) is 44.7 Å². The van der Waals surface area contributed by atoms with Gasteiger partial charge in [0.05, 0.1) is 24.1 Å². The largest absolute Gasteiger partial charge is 0.469 e. The van der Waals surface area contributed by atoms with Crippen LogP contribution in [0.1, 0.15) is 48.5 Å². The van der Waals surface area contributed by atoms with Crippen molar-refractivity contribution in [2.75, 3.05) is 7.11 Å². The fourth-order valence-corrected chi connectivity index (χ4v) is 6.67. The number of methoxy groups -OCH3 is 1. The Morgan fingerprint density at radius 1 is 1.38 bits per heavy atom. The van der Waals surface area contributed by atoms with Crippen molar-refractivity contribution in [1.82, 2.24) is 9.88 Å². The lowest BCUT2D eigenvalue weighted by Gasteiger charge is -2.73. The second kappa shape index (κ2) is 4.38. The second-order valence-corrected chi connectivity index (χ2v) is 8.22. The van der Waals surface area contributed by atoms with Gasteiger partial charge >= 0.3 is 5.97 Å². The Kier molecular flexibility index (Phi) is 2.63. The second-order valence-electron chi connectivity index (χ2n) is 8.22. The highest BCUT2D eigenvalue weighted by Gasteiger charge is 2.81. The number of hydrogen-bond donors (Lipinski definition) is 0. The third-order valence-corrected chi connectivity index (χ3v) is 7.41. The highest BCUT2D eigenvalue weighted by Crippen LogP contribution is 2.79. The molecule has 5 rings (SSSR count). The molecule has 3 fully saturated rings. The van der Waals surface area contributed by atoms with Gasteiger partial charge in [0.15, 0.2) is 0 Å². The van der Waals surface area contributed by atoms with Crippen LogP contribution in [0, 0.1) is 23.2 Å². The zero-order valence-electron chi connectivity index (χ0n) is 14.1.